The third kappa shape index (κ3) is 2.45. The Hall–Kier alpha value is -1.75. The molecule has 0 saturated carbocycles. The number of hydrogen-bond donors (Lipinski definition) is 2. The highest BCUT2D eigenvalue weighted by molar-refractivity contribution is 5.90. The van der Waals surface area contributed by atoms with Crippen molar-refractivity contribution < 1.29 is 9.53 Å². The number of nitrogens with one attached hydrogen (secondary N) is 1. The van der Waals surface area contributed by atoms with Crippen LogP contribution in [0.25, 0.3) is 0 Å². The van der Waals surface area contributed by atoms with Crippen LogP contribution in [0.1, 0.15) is 25.7 Å². The number of nitrogens with zero attached hydrogens (tertiary/aromatic N) is 1. The number of amides is 2. The second-order valence-corrected chi connectivity index (χ2v) is 5.68. The maximum atomic E-state index is 12.4. The molecule has 0 aliphatic carbocycles. The van der Waals surface area contributed by atoms with Gasteiger partial charge in [-0.05, 0) is 49.9 Å². The van der Waals surface area contributed by atoms with Gasteiger partial charge >= 0.3 is 6.03 Å². The van der Waals surface area contributed by atoms with Crippen molar-refractivity contribution >= 4 is 11.7 Å². The molecule has 20 heavy (non-hydrogen) atoms. The normalized spacial score (nSPS) is 28.3. The van der Waals surface area contributed by atoms with Gasteiger partial charge in [0, 0.05) is 23.8 Å². The Bertz CT molecular complexity index is 474. The molecule has 2 atom stereocenters. The fraction of sp³-hybridized carbons (Fsp3) is 0.533. The Morgan fingerprint density at radius 2 is 1.85 bits per heavy atom. The smallest absolute Gasteiger partial charge is 0.322 e. The number of carbonyl (C=O) groups is 1. The van der Waals surface area contributed by atoms with E-state index in [1.807, 2.05) is 29.2 Å². The Morgan fingerprint density at radius 1 is 1.25 bits per heavy atom. The summed E-state index contributed by atoms with van der Waals surface area (Å²) in [6.45, 7) is 0. The minimum atomic E-state index is -0.00503. The van der Waals surface area contributed by atoms with Gasteiger partial charge in [-0.1, -0.05) is 0 Å². The number of hydrogen-bond acceptors (Lipinski definition) is 3. The molecular weight excluding hydrogens is 254 g/mol. The maximum absolute atomic E-state index is 12.4. The van der Waals surface area contributed by atoms with E-state index in [0.717, 1.165) is 37.1 Å². The summed E-state index contributed by atoms with van der Waals surface area (Å²) in [6, 6.07) is 8.26. The summed E-state index contributed by atoms with van der Waals surface area (Å²) in [5.41, 5.74) is 6.83. The van der Waals surface area contributed by atoms with E-state index in [4.69, 9.17) is 10.5 Å². The predicted octanol–water partition coefficient (Wildman–Crippen LogP) is 2.18. The van der Waals surface area contributed by atoms with E-state index in [-0.39, 0.29) is 12.1 Å². The van der Waals surface area contributed by atoms with Gasteiger partial charge in [-0.25, -0.2) is 4.79 Å². The fourth-order valence-electron chi connectivity index (χ4n) is 3.41. The molecule has 1 aromatic rings. The number of rotatable bonds is 2. The number of methoxy groups -OCH3 is 1. The molecule has 0 aromatic heterocycles. The number of anilines is 1. The molecule has 2 aliphatic rings. The van der Waals surface area contributed by atoms with E-state index in [9.17, 15) is 4.79 Å². The van der Waals surface area contributed by atoms with E-state index in [1.165, 1.54) is 0 Å². The lowest BCUT2D eigenvalue weighted by Gasteiger charge is -2.37. The maximum Gasteiger partial charge on any atom is 0.322 e. The molecule has 0 radical (unpaired) electrons. The largest absolute Gasteiger partial charge is 0.497 e. The van der Waals surface area contributed by atoms with Crippen molar-refractivity contribution in [3.63, 3.8) is 0 Å². The van der Waals surface area contributed by atoms with Crippen molar-refractivity contribution in [3.8, 4) is 5.75 Å². The molecule has 1 aromatic carbocycles. The second kappa shape index (κ2) is 5.32. The standard InChI is InChI=1S/C15H21N3O2/c1-20-14-6-2-11(3-7-14)17-15(19)18-12-4-5-13(18)9-10(16)8-12/h2-3,6-7,10,12-13H,4-5,8-9,16H2,1H3,(H,17,19). The molecule has 108 valence electrons. The zero-order valence-electron chi connectivity index (χ0n) is 11.7. The molecule has 3 N–H and O–H groups in total. The van der Waals surface area contributed by atoms with Crippen molar-refractivity contribution in [1.29, 1.82) is 0 Å². The molecule has 2 bridgehead atoms. The van der Waals surface area contributed by atoms with Crippen molar-refractivity contribution in [2.75, 3.05) is 12.4 Å². The van der Waals surface area contributed by atoms with Crippen LogP contribution in [0.15, 0.2) is 24.3 Å². The topological polar surface area (TPSA) is 67.6 Å². The van der Waals surface area contributed by atoms with E-state index >= 15 is 0 Å². The van der Waals surface area contributed by atoms with Crippen LogP contribution in [-0.2, 0) is 0 Å². The lowest BCUT2D eigenvalue weighted by molar-refractivity contribution is 0.150. The second-order valence-electron chi connectivity index (χ2n) is 5.68. The van der Waals surface area contributed by atoms with Crippen molar-refractivity contribution in [2.45, 2.75) is 43.8 Å². The summed E-state index contributed by atoms with van der Waals surface area (Å²) in [5, 5.41) is 2.97. The highest BCUT2D eigenvalue weighted by Gasteiger charge is 2.42. The molecular formula is C15H21N3O2. The van der Waals surface area contributed by atoms with Crippen LogP contribution in [0.2, 0.25) is 0 Å². The van der Waals surface area contributed by atoms with Crippen LogP contribution in [0.3, 0.4) is 0 Å². The Kier molecular flexibility index (Phi) is 3.53. The first-order valence-electron chi connectivity index (χ1n) is 7.16. The van der Waals surface area contributed by atoms with E-state index in [2.05, 4.69) is 5.32 Å². The lowest BCUT2D eigenvalue weighted by atomic mass is 9.99. The van der Waals surface area contributed by atoms with Gasteiger partial charge in [-0.15, -0.1) is 0 Å². The molecule has 2 saturated heterocycles. The van der Waals surface area contributed by atoms with Crippen LogP contribution in [-0.4, -0.2) is 36.2 Å². The predicted molar refractivity (Wildman–Crippen MR) is 77.9 cm³/mol. The highest BCUT2D eigenvalue weighted by Crippen LogP contribution is 2.35. The zero-order valence-corrected chi connectivity index (χ0v) is 11.7. The number of urea groups is 1. The third-order valence-electron chi connectivity index (χ3n) is 4.35. The quantitative estimate of drug-likeness (QED) is 0.869. The van der Waals surface area contributed by atoms with Gasteiger partial charge in [-0.2, -0.15) is 0 Å². The van der Waals surface area contributed by atoms with Crippen LogP contribution >= 0.6 is 0 Å². The van der Waals surface area contributed by atoms with Gasteiger partial charge in [0.2, 0.25) is 0 Å². The molecule has 2 unspecified atom stereocenters. The number of nitrogens with two attached hydrogens (primary N) is 1. The highest BCUT2D eigenvalue weighted by atomic mass is 16.5. The fourth-order valence-corrected chi connectivity index (χ4v) is 3.41. The summed E-state index contributed by atoms with van der Waals surface area (Å²) >= 11 is 0. The van der Waals surface area contributed by atoms with Crippen LogP contribution in [0.5, 0.6) is 5.75 Å². The average Bonchev–Trinajstić information content (AvgIpc) is 2.72. The first kappa shape index (κ1) is 13.2. The number of benzene rings is 1. The third-order valence-corrected chi connectivity index (χ3v) is 4.35. The summed E-state index contributed by atoms with van der Waals surface area (Å²) in [6.07, 6.45) is 4.00. The molecule has 2 fully saturated rings. The van der Waals surface area contributed by atoms with Gasteiger partial charge in [0.15, 0.2) is 0 Å². The molecule has 0 spiro atoms. The number of fused-ring (bicyclic) bond motifs is 2. The monoisotopic (exact) mass is 275 g/mol. The molecule has 2 heterocycles. The SMILES string of the molecule is COc1ccc(NC(=O)N2C3CCC2CC(N)C3)cc1. The Morgan fingerprint density at radius 3 is 2.40 bits per heavy atom. The molecule has 3 rings (SSSR count). The molecule has 5 nitrogen and oxygen atoms in total. The van der Waals surface area contributed by atoms with E-state index in [1.54, 1.807) is 7.11 Å². The summed E-state index contributed by atoms with van der Waals surface area (Å²) in [7, 11) is 1.63. The summed E-state index contributed by atoms with van der Waals surface area (Å²) < 4.78 is 5.11. The first-order valence-corrected chi connectivity index (χ1v) is 7.16. The molecule has 2 amide bonds. The van der Waals surface area contributed by atoms with Crippen LogP contribution in [0.4, 0.5) is 10.5 Å². The van der Waals surface area contributed by atoms with Gasteiger partial charge in [0.1, 0.15) is 5.75 Å². The Balaban J connectivity index is 1.67. The zero-order chi connectivity index (χ0) is 14.1. The van der Waals surface area contributed by atoms with Crippen molar-refractivity contribution in [3.05, 3.63) is 24.3 Å². The summed E-state index contributed by atoms with van der Waals surface area (Å²) in [4.78, 5) is 14.4. The average molecular weight is 275 g/mol. The van der Waals surface area contributed by atoms with E-state index < -0.39 is 0 Å². The van der Waals surface area contributed by atoms with Gasteiger partial charge in [0.25, 0.3) is 0 Å². The number of carbonyl (C=O) groups excluding carboxylic acids is 1. The van der Waals surface area contributed by atoms with Gasteiger partial charge < -0.3 is 20.7 Å². The summed E-state index contributed by atoms with van der Waals surface area (Å²) in [5.74, 6) is 0.784. The number of piperidine rings is 1. The number of ether oxygens (including phenoxy) is 1. The van der Waals surface area contributed by atoms with Crippen molar-refractivity contribution in [2.24, 2.45) is 5.73 Å². The van der Waals surface area contributed by atoms with Gasteiger partial charge in [0.05, 0.1) is 7.11 Å². The minimum absolute atomic E-state index is 0.00503. The van der Waals surface area contributed by atoms with Crippen molar-refractivity contribution in [1.82, 2.24) is 4.90 Å². The molecule has 5 heteroatoms. The van der Waals surface area contributed by atoms with Gasteiger partial charge in [-0.3, -0.25) is 0 Å². The lowest BCUT2D eigenvalue weighted by Crippen LogP contribution is -2.51. The Labute approximate surface area is 119 Å². The molecule has 2 aliphatic heterocycles. The van der Waals surface area contributed by atoms with Crippen LogP contribution < -0.4 is 15.8 Å². The minimum Gasteiger partial charge on any atom is -0.497 e. The first-order chi connectivity index (χ1) is 9.67. The van der Waals surface area contributed by atoms with Crippen LogP contribution in [0, 0.1) is 0 Å². The van der Waals surface area contributed by atoms with E-state index in [0.29, 0.717) is 12.1 Å².